The maximum Gasteiger partial charge on any atom is 0.177 e. The lowest BCUT2D eigenvalue weighted by Crippen LogP contribution is -2.39. The van der Waals surface area contributed by atoms with E-state index in [1.807, 2.05) is 12.1 Å². The molecule has 0 bridgehead atoms. The first-order chi connectivity index (χ1) is 8.69. The van der Waals surface area contributed by atoms with Crippen molar-refractivity contribution in [1.29, 1.82) is 0 Å². The Morgan fingerprint density at radius 2 is 2.28 bits per heavy atom. The van der Waals surface area contributed by atoms with E-state index in [-0.39, 0.29) is 17.8 Å². The molecule has 0 aliphatic carbocycles. The van der Waals surface area contributed by atoms with Crippen LogP contribution in [0.5, 0.6) is 5.75 Å². The second-order valence-corrected chi connectivity index (χ2v) is 4.69. The van der Waals surface area contributed by atoms with Gasteiger partial charge >= 0.3 is 0 Å². The highest BCUT2D eigenvalue weighted by Gasteiger charge is 2.24. The summed E-state index contributed by atoms with van der Waals surface area (Å²) < 4.78 is 5.90. The van der Waals surface area contributed by atoms with Crippen LogP contribution in [0, 0.1) is 0 Å². The predicted molar refractivity (Wildman–Crippen MR) is 74.1 cm³/mol. The summed E-state index contributed by atoms with van der Waals surface area (Å²) in [6.07, 6.45) is 1.21. The first kappa shape index (κ1) is 13.2. The molecule has 4 heteroatoms. The van der Waals surface area contributed by atoms with Gasteiger partial charge in [0.2, 0.25) is 0 Å². The van der Waals surface area contributed by atoms with Crippen LogP contribution < -0.4 is 9.64 Å². The van der Waals surface area contributed by atoms with Crippen molar-refractivity contribution < 1.29 is 9.53 Å². The minimum atomic E-state index is -0.0480. The van der Waals surface area contributed by atoms with E-state index < -0.39 is 0 Å². The van der Waals surface area contributed by atoms with Gasteiger partial charge in [0.25, 0.3) is 0 Å². The molecule has 1 heterocycles. The number of anilines is 1. The van der Waals surface area contributed by atoms with Gasteiger partial charge < -0.3 is 9.64 Å². The minimum Gasteiger partial charge on any atom is -0.486 e. The third-order valence-corrected chi connectivity index (χ3v) is 3.54. The average Bonchev–Trinajstić information content (AvgIpc) is 2.44. The van der Waals surface area contributed by atoms with Crippen molar-refractivity contribution in [3.8, 4) is 5.75 Å². The molecule has 1 atom stereocenters. The quantitative estimate of drug-likeness (QED) is 0.620. The van der Waals surface area contributed by atoms with Gasteiger partial charge in [0.15, 0.2) is 5.78 Å². The zero-order valence-electron chi connectivity index (χ0n) is 10.8. The zero-order valence-corrected chi connectivity index (χ0v) is 11.5. The number of likely N-dealkylation sites (N-methyl/N-ethyl adjacent to an activating group) is 1. The fourth-order valence-corrected chi connectivity index (χ4v) is 2.34. The molecule has 3 nitrogen and oxygen atoms in total. The minimum absolute atomic E-state index is 0.0172. The van der Waals surface area contributed by atoms with Gasteiger partial charge in [0, 0.05) is 12.1 Å². The number of ketones is 1. The number of benzene rings is 1. The summed E-state index contributed by atoms with van der Waals surface area (Å²) in [6.45, 7) is 6.01. The largest absolute Gasteiger partial charge is 0.486 e. The summed E-state index contributed by atoms with van der Waals surface area (Å²) in [7, 11) is 0. The summed E-state index contributed by atoms with van der Waals surface area (Å²) in [5.74, 6) is 0.831. The lowest BCUT2D eigenvalue weighted by molar-refractivity contribution is 0.102. The highest BCUT2D eigenvalue weighted by Crippen LogP contribution is 2.34. The Bertz CT molecular complexity index is 447. The maximum absolute atomic E-state index is 11.6. The summed E-state index contributed by atoms with van der Waals surface area (Å²) in [4.78, 5) is 13.9. The van der Waals surface area contributed by atoms with Gasteiger partial charge in [-0.1, -0.05) is 6.92 Å². The van der Waals surface area contributed by atoms with Crippen LogP contribution in [0.3, 0.4) is 0 Å². The molecule has 1 aromatic rings. The number of rotatable bonds is 4. The SMILES string of the molecule is CCC1CN(CC)c2cc(C(=O)CCl)ccc2O1. The Balaban J connectivity index is 2.36. The number of alkyl halides is 1. The van der Waals surface area contributed by atoms with Crippen LogP contribution in [0.4, 0.5) is 5.69 Å². The molecule has 0 fully saturated rings. The third kappa shape index (κ3) is 2.46. The lowest BCUT2D eigenvalue weighted by Gasteiger charge is -2.35. The first-order valence-electron chi connectivity index (χ1n) is 6.34. The molecular formula is C14H18ClNO2. The molecule has 1 aromatic carbocycles. The number of carbonyl (C=O) groups excluding carboxylic acids is 1. The zero-order chi connectivity index (χ0) is 13.1. The Labute approximate surface area is 113 Å². The van der Waals surface area contributed by atoms with E-state index in [1.54, 1.807) is 6.07 Å². The van der Waals surface area contributed by atoms with Crippen LogP contribution in [-0.4, -0.2) is 30.9 Å². The van der Waals surface area contributed by atoms with Gasteiger partial charge in [-0.15, -0.1) is 11.6 Å². The van der Waals surface area contributed by atoms with E-state index in [1.165, 1.54) is 0 Å². The van der Waals surface area contributed by atoms with Crippen molar-refractivity contribution >= 4 is 23.1 Å². The van der Waals surface area contributed by atoms with Crippen molar-refractivity contribution in [2.75, 3.05) is 23.9 Å². The lowest BCUT2D eigenvalue weighted by atomic mass is 10.1. The van der Waals surface area contributed by atoms with Crippen LogP contribution in [0.15, 0.2) is 18.2 Å². The number of halogens is 1. The monoisotopic (exact) mass is 267 g/mol. The van der Waals surface area contributed by atoms with E-state index in [4.69, 9.17) is 16.3 Å². The Kier molecular flexibility index (Phi) is 4.12. The molecule has 0 radical (unpaired) electrons. The first-order valence-corrected chi connectivity index (χ1v) is 6.87. The van der Waals surface area contributed by atoms with E-state index in [2.05, 4.69) is 18.7 Å². The van der Waals surface area contributed by atoms with E-state index in [9.17, 15) is 4.79 Å². The van der Waals surface area contributed by atoms with Crippen LogP contribution in [0.1, 0.15) is 30.6 Å². The van der Waals surface area contributed by atoms with Crippen molar-refractivity contribution in [2.24, 2.45) is 0 Å². The van der Waals surface area contributed by atoms with Crippen molar-refractivity contribution in [3.63, 3.8) is 0 Å². The molecule has 0 aromatic heterocycles. The number of carbonyl (C=O) groups is 1. The Hall–Kier alpha value is -1.22. The molecule has 0 N–H and O–H groups in total. The van der Waals surface area contributed by atoms with Gasteiger partial charge in [-0.25, -0.2) is 0 Å². The van der Waals surface area contributed by atoms with Crippen LogP contribution >= 0.6 is 11.6 Å². The second-order valence-electron chi connectivity index (χ2n) is 4.43. The molecule has 18 heavy (non-hydrogen) atoms. The Morgan fingerprint density at radius 3 is 2.89 bits per heavy atom. The number of hydrogen-bond acceptors (Lipinski definition) is 3. The summed E-state index contributed by atoms with van der Waals surface area (Å²) in [5, 5.41) is 0. The molecule has 1 aliphatic heterocycles. The van der Waals surface area contributed by atoms with E-state index in [0.717, 1.165) is 30.9 Å². The average molecular weight is 268 g/mol. The molecule has 0 saturated carbocycles. The molecule has 0 saturated heterocycles. The van der Waals surface area contributed by atoms with Crippen molar-refractivity contribution in [3.05, 3.63) is 23.8 Å². The molecule has 0 amide bonds. The molecule has 1 unspecified atom stereocenters. The third-order valence-electron chi connectivity index (χ3n) is 3.30. The highest BCUT2D eigenvalue weighted by atomic mass is 35.5. The summed E-state index contributed by atoms with van der Waals surface area (Å²) >= 11 is 5.59. The number of ether oxygens (including phenoxy) is 1. The summed E-state index contributed by atoms with van der Waals surface area (Å²) in [6, 6.07) is 5.55. The standard InChI is InChI=1S/C14H18ClNO2/c1-3-11-9-16(4-2)12-7-10(13(17)8-15)5-6-14(12)18-11/h5-7,11H,3-4,8-9H2,1-2H3. The maximum atomic E-state index is 11.6. The Morgan fingerprint density at radius 1 is 1.50 bits per heavy atom. The van der Waals surface area contributed by atoms with Gasteiger partial charge in [-0.05, 0) is 31.5 Å². The van der Waals surface area contributed by atoms with Gasteiger partial charge in [0.05, 0.1) is 18.1 Å². The van der Waals surface area contributed by atoms with Crippen molar-refractivity contribution in [1.82, 2.24) is 0 Å². The van der Waals surface area contributed by atoms with E-state index in [0.29, 0.717) is 5.56 Å². The van der Waals surface area contributed by atoms with Gasteiger partial charge in [-0.2, -0.15) is 0 Å². The normalized spacial score (nSPS) is 18.2. The number of nitrogens with zero attached hydrogens (tertiary/aromatic N) is 1. The van der Waals surface area contributed by atoms with Crippen LogP contribution in [0.2, 0.25) is 0 Å². The number of fused-ring (bicyclic) bond motifs is 1. The van der Waals surface area contributed by atoms with Crippen LogP contribution in [0.25, 0.3) is 0 Å². The topological polar surface area (TPSA) is 29.5 Å². The predicted octanol–water partition coefficient (Wildman–Crippen LogP) is 3.11. The molecule has 1 aliphatic rings. The molecule has 2 rings (SSSR count). The molecule has 98 valence electrons. The summed E-state index contributed by atoms with van der Waals surface area (Å²) in [5.41, 5.74) is 1.65. The fourth-order valence-electron chi connectivity index (χ4n) is 2.19. The van der Waals surface area contributed by atoms with Crippen molar-refractivity contribution in [2.45, 2.75) is 26.4 Å². The molecule has 0 spiro atoms. The smallest absolute Gasteiger partial charge is 0.177 e. The van der Waals surface area contributed by atoms with Crippen LogP contribution in [-0.2, 0) is 0 Å². The van der Waals surface area contributed by atoms with Gasteiger partial charge in [0.1, 0.15) is 11.9 Å². The van der Waals surface area contributed by atoms with E-state index >= 15 is 0 Å². The second kappa shape index (κ2) is 5.61. The fraction of sp³-hybridized carbons (Fsp3) is 0.500. The highest BCUT2D eigenvalue weighted by molar-refractivity contribution is 6.30. The number of Topliss-reactive ketones (excluding diaryl/α,β-unsaturated/α-hetero) is 1. The number of hydrogen-bond donors (Lipinski definition) is 0. The van der Waals surface area contributed by atoms with Gasteiger partial charge in [-0.3, -0.25) is 4.79 Å². The molecular weight excluding hydrogens is 250 g/mol.